The molecule has 36 heavy (non-hydrogen) atoms. The summed E-state index contributed by atoms with van der Waals surface area (Å²) in [6, 6.07) is 14.5. The zero-order valence-electron chi connectivity index (χ0n) is 22.1. The molecule has 9 heteroatoms. The minimum absolute atomic E-state index is 0.00454. The molecule has 1 fully saturated rings. The first-order valence-electron chi connectivity index (χ1n) is 12.2. The van der Waals surface area contributed by atoms with Crippen molar-refractivity contribution in [3.05, 3.63) is 65.7 Å². The number of aryl methyl sites for hydroxylation is 1. The van der Waals surface area contributed by atoms with Crippen molar-refractivity contribution >= 4 is 30.2 Å². The molecular formula is C27H37NO6SSi. The Hall–Kier alpha value is -2.49. The molecule has 2 aromatic carbocycles. The molecule has 0 radical (unpaired) electrons. The molecule has 3 atom stereocenters. The first-order chi connectivity index (χ1) is 16.7. The molecule has 0 N–H and O–H groups in total. The topological polar surface area (TPSA) is 90.0 Å². The molecule has 0 saturated carbocycles. The maximum absolute atomic E-state index is 13.9. The van der Waals surface area contributed by atoms with Crippen LogP contribution in [0.25, 0.3) is 0 Å². The van der Waals surface area contributed by atoms with Crippen LogP contribution in [0.4, 0.5) is 0 Å². The number of benzene rings is 2. The predicted molar refractivity (Wildman–Crippen MR) is 141 cm³/mol. The number of esters is 1. The summed E-state index contributed by atoms with van der Waals surface area (Å²) >= 11 is 0. The third-order valence-corrected chi connectivity index (χ3v) is 13.6. The number of sulfonamides is 1. The summed E-state index contributed by atoms with van der Waals surface area (Å²) in [5, 5.41) is -0.126. The molecule has 0 bridgehead atoms. The lowest BCUT2D eigenvalue weighted by Crippen LogP contribution is -2.47. The minimum Gasteiger partial charge on any atom is -0.465 e. The van der Waals surface area contributed by atoms with Gasteiger partial charge in [-0.05, 0) is 49.7 Å². The van der Waals surface area contributed by atoms with Gasteiger partial charge in [0.2, 0.25) is 0 Å². The van der Waals surface area contributed by atoms with Crippen molar-refractivity contribution in [3.63, 3.8) is 0 Å². The van der Waals surface area contributed by atoms with Crippen LogP contribution in [0.1, 0.15) is 44.7 Å². The van der Waals surface area contributed by atoms with E-state index in [1.165, 1.54) is 12.1 Å². The van der Waals surface area contributed by atoms with E-state index in [4.69, 9.17) is 9.16 Å². The quantitative estimate of drug-likeness (QED) is 0.274. The van der Waals surface area contributed by atoms with Gasteiger partial charge in [-0.1, -0.05) is 68.8 Å². The van der Waals surface area contributed by atoms with Crippen LogP contribution in [0.15, 0.2) is 59.5 Å². The van der Waals surface area contributed by atoms with Gasteiger partial charge in [-0.15, -0.1) is 0 Å². The summed E-state index contributed by atoms with van der Waals surface area (Å²) in [5.41, 5.74) is 1.58. The third kappa shape index (κ3) is 5.43. The Morgan fingerprint density at radius 2 is 1.61 bits per heavy atom. The highest BCUT2D eigenvalue weighted by Gasteiger charge is 2.57. The normalized spacial score (nSPS) is 21.0. The van der Waals surface area contributed by atoms with E-state index in [1.807, 2.05) is 37.3 Å². The van der Waals surface area contributed by atoms with E-state index in [-0.39, 0.29) is 23.1 Å². The summed E-state index contributed by atoms with van der Waals surface area (Å²) in [5.74, 6) is -3.55. The second-order valence-electron chi connectivity index (χ2n) is 10.8. The van der Waals surface area contributed by atoms with E-state index in [2.05, 4.69) is 33.9 Å². The Kier molecular flexibility index (Phi) is 8.17. The molecule has 1 amide bonds. The highest BCUT2D eigenvalue weighted by molar-refractivity contribution is 7.89. The lowest BCUT2D eigenvalue weighted by Gasteiger charge is -2.38. The van der Waals surface area contributed by atoms with Gasteiger partial charge in [0.1, 0.15) is 5.92 Å². The van der Waals surface area contributed by atoms with Gasteiger partial charge in [0.15, 0.2) is 8.32 Å². The number of hydrogen-bond donors (Lipinski definition) is 0. The van der Waals surface area contributed by atoms with Crippen LogP contribution in [0, 0.1) is 12.8 Å². The Labute approximate surface area is 216 Å². The molecule has 1 heterocycles. The second kappa shape index (κ2) is 10.5. The van der Waals surface area contributed by atoms with Gasteiger partial charge < -0.3 is 9.16 Å². The maximum Gasteiger partial charge on any atom is 0.319 e. The average molecular weight is 532 g/mol. The highest BCUT2D eigenvalue weighted by Crippen LogP contribution is 2.44. The van der Waals surface area contributed by atoms with Crippen LogP contribution < -0.4 is 0 Å². The monoisotopic (exact) mass is 531 g/mol. The summed E-state index contributed by atoms with van der Waals surface area (Å²) in [4.78, 5) is 26.9. The van der Waals surface area contributed by atoms with Gasteiger partial charge in [-0.3, -0.25) is 9.59 Å². The zero-order chi connectivity index (χ0) is 26.9. The first-order valence-corrected chi connectivity index (χ1v) is 16.6. The van der Waals surface area contributed by atoms with Gasteiger partial charge in [0.05, 0.1) is 24.2 Å². The molecule has 196 valence electrons. The van der Waals surface area contributed by atoms with Crippen LogP contribution in [0.2, 0.25) is 18.1 Å². The Morgan fingerprint density at radius 1 is 1.03 bits per heavy atom. The summed E-state index contributed by atoms with van der Waals surface area (Å²) < 4.78 is 40.4. The van der Waals surface area contributed by atoms with E-state index in [0.717, 1.165) is 9.87 Å². The molecule has 2 aromatic rings. The largest absolute Gasteiger partial charge is 0.465 e. The fourth-order valence-electron chi connectivity index (χ4n) is 4.19. The van der Waals surface area contributed by atoms with Crippen LogP contribution in [0.5, 0.6) is 0 Å². The van der Waals surface area contributed by atoms with Crippen LogP contribution in [0.3, 0.4) is 0 Å². The lowest BCUT2D eigenvalue weighted by molar-refractivity contribution is -0.152. The van der Waals surface area contributed by atoms with Crippen molar-refractivity contribution < 1.29 is 27.2 Å². The molecule has 0 unspecified atom stereocenters. The average Bonchev–Trinajstić information content (AvgIpc) is 3.10. The highest BCUT2D eigenvalue weighted by atomic mass is 32.2. The molecule has 0 aromatic heterocycles. The van der Waals surface area contributed by atoms with Gasteiger partial charge in [0.25, 0.3) is 15.9 Å². The third-order valence-electron chi connectivity index (χ3n) is 7.28. The fourth-order valence-corrected chi connectivity index (χ4v) is 6.82. The van der Waals surface area contributed by atoms with E-state index in [1.54, 1.807) is 19.1 Å². The van der Waals surface area contributed by atoms with E-state index in [0.29, 0.717) is 5.56 Å². The van der Waals surface area contributed by atoms with Crippen molar-refractivity contribution in [1.29, 1.82) is 0 Å². The maximum atomic E-state index is 13.9. The summed E-state index contributed by atoms with van der Waals surface area (Å²) in [6.45, 7) is 14.0. The second-order valence-corrected chi connectivity index (χ2v) is 17.4. The Morgan fingerprint density at radius 3 is 2.14 bits per heavy atom. The van der Waals surface area contributed by atoms with Crippen molar-refractivity contribution in [1.82, 2.24) is 4.31 Å². The first kappa shape index (κ1) is 28.1. The SMILES string of the molecule is CCOC(=O)[C@@H]1C(=O)N(S(=O)(=O)c2ccc(C)cc2)[C@H](CO[Si](C)(C)C(C)(C)C)[C@H]1c1ccccc1. The molecule has 0 spiro atoms. The molecule has 3 rings (SSSR count). The van der Waals surface area contributed by atoms with Crippen LogP contribution in [-0.2, 0) is 28.8 Å². The van der Waals surface area contributed by atoms with Crippen molar-refractivity contribution in [2.75, 3.05) is 13.2 Å². The number of carbonyl (C=O) groups is 2. The number of carbonyl (C=O) groups excluding carboxylic acids is 2. The van der Waals surface area contributed by atoms with Crippen molar-refractivity contribution in [2.24, 2.45) is 5.92 Å². The lowest BCUT2D eigenvalue weighted by atomic mass is 9.84. The minimum atomic E-state index is -4.27. The van der Waals surface area contributed by atoms with Gasteiger partial charge >= 0.3 is 5.97 Å². The summed E-state index contributed by atoms with van der Waals surface area (Å²) in [7, 11) is -6.58. The number of rotatable bonds is 8. The van der Waals surface area contributed by atoms with Gasteiger partial charge in [0, 0.05) is 5.92 Å². The van der Waals surface area contributed by atoms with E-state index in [9.17, 15) is 18.0 Å². The van der Waals surface area contributed by atoms with E-state index < -0.39 is 48.1 Å². The van der Waals surface area contributed by atoms with Crippen molar-refractivity contribution in [3.8, 4) is 0 Å². The van der Waals surface area contributed by atoms with E-state index >= 15 is 0 Å². The Balaban J connectivity index is 2.18. The molecule has 7 nitrogen and oxygen atoms in total. The van der Waals surface area contributed by atoms with Gasteiger partial charge in [-0.25, -0.2) is 12.7 Å². The smallest absolute Gasteiger partial charge is 0.319 e. The number of nitrogens with zero attached hydrogens (tertiary/aromatic N) is 1. The fraction of sp³-hybridized carbons (Fsp3) is 0.481. The molecule has 0 aliphatic carbocycles. The summed E-state index contributed by atoms with van der Waals surface area (Å²) in [6.07, 6.45) is 0. The Bertz CT molecular complexity index is 1190. The van der Waals surface area contributed by atoms with Crippen molar-refractivity contribution in [2.45, 2.75) is 69.6 Å². The van der Waals surface area contributed by atoms with Crippen LogP contribution >= 0.6 is 0 Å². The molecule has 1 aliphatic heterocycles. The number of ether oxygens (including phenoxy) is 1. The molecular weight excluding hydrogens is 494 g/mol. The number of amides is 1. The zero-order valence-corrected chi connectivity index (χ0v) is 24.0. The van der Waals surface area contributed by atoms with Crippen LogP contribution in [-0.4, -0.2) is 52.2 Å². The number of hydrogen-bond acceptors (Lipinski definition) is 6. The molecule has 1 saturated heterocycles. The predicted octanol–water partition coefficient (Wildman–Crippen LogP) is 4.88. The van der Waals surface area contributed by atoms with Gasteiger partial charge in [-0.2, -0.15) is 0 Å². The standard InChI is InChI=1S/C27H37NO6SSi/c1-8-33-26(30)24-23(20-12-10-9-11-13-20)22(18-34-36(6,7)27(3,4)5)28(25(24)29)35(31,32)21-16-14-19(2)15-17-21/h9-17,22-24H,8,18H2,1-7H3/t22-,23-,24+/m1/s1. The molecule has 1 aliphatic rings.